The number of hydrogen-bond donors (Lipinski definition) is 1. The lowest BCUT2D eigenvalue weighted by Crippen LogP contribution is -1.97. The normalized spacial score (nSPS) is 19.4. The molecule has 0 fully saturated rings. The van der Waals surface area contributed by atoms with Gasteiger partial charge in [-0.05, 0) is 46.9 Å². The molecule has 3 heteroatoms. The van der Waals surface area contributed by atoms with Gasteiger partial charge in [0.05, 0.1) is 0 Å². The van der Waals surface area contributed by atoms with E-state index < -0.39 is 6.10 Å². The van der Waals surface area contributed by atoms with Gasteiger partial charge in [-0.1, -0.05) is 30.3 Å². The van der Waals surface area contributed by atoms with Crippen LogP contribution in [0.4, 0.5) is 0 Å². The van der Waals surface area contributed by atoms with Crippen molar-refractivity contribution in [3.63, 3.8) is 0 Å². The van der Waals surface area contributed by atoms with E-state index in [1.165, 1.54) is 0 Å². The molecular weight excluding hydrogens is 252 g/mol. The standard InChI is InChI=1S/C17H14O3/c1-10-12-7-14-15(20-9-19-14)8-13(12)17(18)16(10)11-5-3-2-4-6-11/h2-8,17-18H,9H2,1H3. The Morgan fingerprint density at radius 1 is 1.05 bits per heavy atom. The van der Waals surface area contributed by atoms with Gasteiger partial charge in [-0.25, -0.2) is 0 Å². The number of fused-ring (bicyclic) bond motifs is 2. The summed E-state index contributed by atoms with van der Waals surface area (Å²) in [5.74, 6) is 1.47. The van der Waals surface area contributed by atoms with Crippen LogP contribution in [-0.4, -0.2) is 11.9 Å². The summed E-state index contributed by atoms with van der Waals surface area (Å²) < 4.78 is 10.8. The molecule has 0 bridgehead atoms. The smallest absolute Gasteiger partial charge is 0.231 e. The summed E-state index contributed by atoms with van der Waals surface area (Å²) in [6.07, 6.45) is -0.609. The molecule has 1 aliphatic carbocycles. The first-order chi connectivity index (χ1) is 9.75. The average molecular weight is 266 g/mol. The molecule has 2 aliphatic rings. The quantitative estimate of drug-likeness (QED) is 0.859. The van der Waals surface area contributed by atoms with E-state index in [0.717, 1.165) is 33.6 Å². The third-order valence-electron chi connectivity index (χ3n) is 4.01. The Morgan fingerprint density at radius 2 is 1.75 bits per heavy atom. The predicted octanol–water partition coefficient (Wildman–Crippen LogP) is 3.39. The Hall–Kier alpha value is -2.26. The number of ether oxygens (including phenoxy) is 2. The van der Waals surface area contributed by atoms with E-state index in [2.05, 4.69) is 0 Å². The molecule has 1 aliphatic heterocycles. The van der Waals surface area contributed by atoms with Crippen LogP contribution in [0, 0.1) is 0 Å². The molecule has 3 nitrogen and oxygen atoms in total. The number of aliphatic hydroxyl groups is 1. The summed E-state index contributed by atoms with van der Waals surface area (Å²) in [6.45, 7) is 2.29. The van der Waals surface area contributed by atoms with E-state index in [-0.39, 0.29) is 6.79 Å². The average Bonchev–Trinajstić information content (AvgIpc) is 3.02. The van der Waals surface area contributed by atoms with E-state index >= 15 is 0 Å². The lowest BCUT2D eigenvalue weighted by Gasteiger charge is -2.11. The van der Waals surface area contributed by atoms with Crippen LogP contribution in [0.5, 0.6) is 11.5 Å². The molecule has 0 saturated heterocycles. The summed E-state index contributed by atoms with van der Waals surface area (Å²) in [5.41, 5.74) is 5.04. The Labute approximate surface area is 117 Å². The highest BCUT2D eigenvalue weighted by Gasteiger charge is 2.31. The molecule has 4 rings (SSSR count). The van der Waals surface area contributed by atoms with Crippen molar-refractivity contribution in [3.8, 4) is 11.5 Å². The van der Waals surface area contributed by atoms with Crippen molar-refractivity contribution in [3.05, 3.63) is 59.2 Å². The zero-order valence-corrected chi connectivity index (χ0v) is 11.1. The van der Waals surface area contributed by atoms with Gasteiger partial charge in [0.2, 0.25) is 6.79 Å². The highest BCUT2D eigenvalue weighted by molar-refractivity contribution is 5.98. The second-order valence-corrected chi connectivity index (χ2v) is 5.10. The Balaban J connectivity index is 1.89. The topological polar surface area (TPSA) is 38.7 Å². The molecule has 0 spiro atoms. The minimum atomic E-state index is -0.609. The van der Waals surface area contributed by atoms with E-state index in [9.17, 15) is 5.11 Å². The zero-order chi connectivity index (χ0) is 13.7. The lowest BCUT2D eigenvalue weighted by atomic mass is 9.99. The number of rotatable bonds is 1. The fraction of sp³-hybridized carbons (Fsp3) is 0.176. The highest BCUT2D eigenvalue weighted by Crippen LogP contribution is 2.49. The van der Waals surface area contributed by atoms with Crippen LogP contribution in [0.25, 0.3) is 11.1 Å². The fourth-order valence-corrected chi connectivity index (χ4v) is 3.01. The number of allylic oxidation sites excluding steroid dienone is 1. The third kappa shape index (κ3) is 1.50. The van der Waals surface area contributed by atoms with Gasteiger partial charge in [-0.2, -0.15) is 0 Å². The van der Waals surface area contributed by atoms with Crippen molar-refractivity contribution in [1.29, 1.82) is 0 Å². The minimum Gasteiger partial charge on any atom is -0.454 e. The summed E-state index contributed by atoms with van der Waals surface area (Å²) in [7, 11) is 0. The third-order valence-corrected chi connectivity index (χ3v) is 4.01. The lowest BCUT2D eigenvalue weighted by molar-refractivity contribution is 0.173. The Morgan fingerprint density at radius 3 is 2.50 bits per heavy atom. The van der Waals surface area contributed by atoms with Crippen molar-refractivity contribution in [2.45, 2.75) is 13.0 Å². The predicted molar refractivity (Wildman–Crippen MR) is 76.5 cm³/mol. The van der Waals surface area contributed by atoms with E-state index in [1.54, 1.807) is 0 Å². The monoisotopic (exact) mass is 266 g/mol. The first-order valence-corrected chi connectivity index (χ1v) is 6.64. The maximum atomic E-state index is 10.6. The molecule has 1 atom stereocenters. The molecule has 1 heterocycles. The van der Waals surface area contributed by atoms with E-state index in [0.29, 0.717) is 5.75 Å². The second-order valence-electron chi connectivity index (χ2n) is 5.10. The first kappa shape index (κ1) is 11.6. The van der Waals surface area contributed by atoms with Gasteiger partial charge in [0.1, 0.15) is 6.10 Å². The molecule has 1 unspecified atom stereocenters. The van der Waals surface area contributed by atoms with Gasteiger partial charge < -0.3 is 14.6 Å². The molecule has 0 radical (unpaired) electrons. The SMILES string of the molecule is CC1=C(c2ccccc2)C(O)c2cc3c(cc21)OCO3. The molecule has 20 heavy (non-hydrogen) atoms. The molecule has 2 aromatic carbocycles. The van der Waals surface area contributed by atoms with Crippen LogP contribution in [0.1, 0.15) is 29.7 Å². The van der Waals surface area contributed by atoms with Crippen molar-refractivity contribution >= 4 is 11.1 Å². The van der Waals surface area contributed by atoms with Crippen LogP contribution < -0.4 is 9.47 Å². The largest absolute Gasteiger partial charge is 0.454 e. The van der Waals surface area contributed by atoms with Crippen LogP contribution in [0.2, 0.25) is 0 Å². The van der Waals surface area contributed by atoms with E-state index in [1.807, 2.05) is 49.4 Å². The number of hydrogen-bond acceptors (Lipinski definition) is 3. The van der Waals surface area contributed by atoms with Crippen molar-refractivity contribution in [2.75, 3.05) is 6.79 Å². The highest BCUT2D eigenvalue weighted by atomic mass is 16.7. The van der Waals surface area contributed by atoms with Gasteiger partial charge >= 0.3 is 0 Å². The second kappa shape index (κ2) is 4.12. The summed E-state index contributed by atoms with van der Waals surface area (Å²) in [5, 5.41) is 10.6. The molecule has 0 saturated carbocycles. The number of benzene rings is 2. The van der Waals surface area contributed by atoms with Gasteiger partial charge in [-0.15, -0.1) is 0 Å². The van der Waals surface area contributed by atoms with Gasteiger partial charge in [0.25, 0.3) is 0 Å². The molecular formula is C17H14O3. The molecule has 0 amide bonds. The zero-order valence-electron chi connectivity index (χ0n) is 11.1. The van der Waals surface area contributed by atoms with Gasteiger partial charge in [0.15, 0.2) is 11.5 Å². The van der Waals surface area contributed by atoms with Crippen LogP contribution in [0.15, 0.2) is 42.5 Å². The molecule has 2 aromatic rings. The van der Waals surface area contributed by atoms with E-state index in [4.69, 9.17) is 9.47 Å². The Kier molecular flexibility index (Phi) is 2.38. The van der Waals surface area contributed by atoms with Crippen LogP contribution in [-0.2, 0) is 0 Å². The first-order valence-electron chi connectivity index (χ1n) is 6.64. The fourth-order valence-electron chi connectivity index (χ4n) is 3.01. The molecule has 100 valence electrons. The minimum absolute atomic E-state index is 0.253. The van der Waals surface area contributed by atoms with Crippen LogP contribution >= 0.6 is 0 Å². The molecule has 1 N–H and O–H groups in total. The molecule has 0 aromatic heterocycles. The summed E-state index contributed by atoms with van der Waals surface area (Å²) in [4.78, 5) is 0. The van der Waals surface area contributed by atoms with Crippen molar-refractivity contribution in [2.24, 2.45) is 0 Å². The van der Waals surface area contributed by atoms with Crippen LogP contribution in [0.3, 0.4) is 0 Å². The van der Waals surface area contributed by atoms with Gasteiger partial charge in [0, 0.05) is 0 Å². The summed E-state index contributed by atoms with van der Waals surface area (Å²) in [6, 6.07) is 13.8. The number of aliphatic hydroxyl groups excluding tert-OH is 1. The maximum absolute atomic E-state index is 10.6. The summed E-state index contributed by atoms with van der Waals surface area (Å²) >= 11 is 0. The van der Waals surface area contributed by atoms with Crippen molar-refractivity contribution in [1.82, 2.24) is 0 Å². The maximum Gasteiger partial charge on any atom is 0.231 e. The Bertz CT molecular complexity index is 717. The van der Waals surface area contributed by atoms with Crippen molar-refractivity contribution < 1.29 is 14.6 Å². The van der Waals surface area contributed by atoms with Gasteiger partial charge in [-0.3, -0.25) is 0 Å².